The first kappa shape index (κ1) is 32.6. The minimum atomic E-state index is -2.22. The molecule has 240 valence electrons. The molecule has 0 fully saturated rings. The van der Waals surface area contributed by atoms with Crippen molar-refractivity contribution in [3.63, 3.8) is 0 Å². The maximum atomic E-state index is 13.7. The van der Waals surface area contributed by atoms with E-state index in [1.54, 1.807) is 60.7 Å². The van der Waals surface area contributed by atoms with Crippen LogP contribution in [0.3, 0.4) is 0 Å². The molecule has 0 aliphatic carbocycles. The molecule has 0 unspecified atom stereocenters. The second-order valence-corrected chi connectivity index (χ2v) is 12.1. The molecule has 0 aromatic heterocycles. The number of halogens is 2. The summed E-state index contributed by atoms with van der Waals surface area (Å²) in [5.41, 5.74) is 8.71. The van der Waals surface area contributed by atoms with Crippen LogP contribution in [0.1, 0.15) is 68.5 Å². The lowest BCUT2D eigenvalue weighted by atomic mass is 9.96. The van der Waals surface area contributed by atoms with E-state index in [0.717, 1.165) is 0 Å². The third-order valence-electron chi connectivity index (χ3n) is 8.41. The van der Waals surface area contributed by atoms with Crippen LogP contribution in [0.4, 0.5) is 0 Å². The van der Waals surface area contributed by atoms with Gasteiger partial charge in [0.25, 0.3) is 34.1 Å². The van der Waals surface area contributed by atoms with Crippen molar-refractivity contribution >= 4 is 63.1 Å². The van der Waals surface area contributed by atoms with Gasteiger partial charge in [-0.3, -0.25) is 33.6 Å². The highest BCUT2D eigenvalue weighted by Crippen LogP contribution is 2.34. The Kier molecular flexibility index (Phi) is 8.18. The molecule has 48 heavy (non-hydrogen) atoms. The molecular formula is C35H24Cl2N4O7. The quantitative estimate of drug-likeness (QED) is 0.144. The monoisotopic (exact) mass is 682 g/mol. The predicted octanol–water partition coefficient (Wildman–Crippen LogP) is 3.44. The number of amides is 4. The highest BCUT2D eigenvalue weighted by atomic mass is 35.5. The zero-order valence-electron chi connectivity index (χ0n) is 24.8. The fraction of sp³-hybridized carbons (Fsp3) is 0.114. The number of rotatable bonds is 10. The van der Waals surface area contributed by atoms with Gasteiger partial charge in [0, 0.05) is 24.0 Å². The smallest absolute Gasteiger partial charge is 0.263 e. The molecule has 4 N–H and O–H groups in total. The summed E-state index contributed by atoms with van der Waals surface area (Å²) in [4.78, 5) is 93.9. The fourth-order valence-electron chi connectivity index (χ4n) is 5.94. The Labute approximate surface area is 283 Å². The van der Waals surface area contributed by atoms with Gasteiger partial charge in [0.2, 0.25) is 0 Å². The van der Waals surface area contributed by atoms with Gasteiger partial charge in [-0.25, -0.2) is 9.80 Å². The molecular weight excluding hydrogens is 659 g/mol. The minimum absolute atomic E-state index is 0.0404. The van der Waals surface area contributed by atoms with Crippen molar-refractivity contribution in [2.75, 3.05) is 0 Å². The average molecular weight is 684 g/mol. The third kappa shape index (κ3) is 5.23. The Balaban J connectivity index is 1.30. The van der Waals surface area contributed by atoms with Gasteiger partial charge < -0.3 is 11.5 Å². The minimum Gasteiger partial charge on any atom is -0.300 e. The Bertz CT molecular complexity index is 1940. The number of fused-ring (bicyclic) bond motifs is 2. The number of carbonyl (C=O) groups excluding carboxylic acids is 7. The van der Waals surface area contributed by atoms with Crippen LogP contribution in [0.5, 0.6) is 0 Å². The molecule has 6 rings (SSSR count). The Hall–Kier alpha value is -5.33. The van der Waals surface area contributed by atoms with E-state index in [9.17, 15) is 33.6 Å². The number of hydrogen-bond acceptors (Lipinski definition) is 9. The van der Waals surface area contributed by atoms with E-state index in [1.807, 2.05) is 0 Å². The van der Waals surface area contributed by atoms with Gasteiger partial charge in [-0.1, -0.05) is 72.8 Å². The largest absolute Gasteiger partial charge is 0.300 e. The first-order chi connectivity index (χ1) is 22.8. The van der Waals surface area contributed by atoms with E-state index in [0.29, 0.717) is 20.9 Å². The zero-order valence-corrected chi connectivity index (χ0v) is 26.3. The predicted molar refractivity (Wildman–Crippen MR) is 173 cm³/mol. The standard InChI is InChI=1S/C35H24Cl2N4O7/c36-32(47)34(38,17-19-7-3-1-4-8-19)40-28(43)23-13-11-21(15-25(23)30(40)45)27(42)22-12-14-24-26(16-22)31(46)41(29(24)44)35(39,33(37)48)18-20-9-5-2-6-10-20/h1-16H,17-18,38-39H2/t34-,35-/m1/s1. The van der Waals surface area contributed by atoms with Crippen LogP contribution >= 0.6 is 23.2 Å². The summed E-state index contributed by atoms with van der Waals surface area (Å²) in [6.07, 6.45) is -0.506. The number of benzene rings is 4. The summed E-state index contributed by atoms with van der Waals surface area (Å²) < 4.78 is 0. The number of nitrogens with zero attached hydrogens (tertiary/aromatic N) is 2. The van der Waals surface area contributed by atoms with Gasteiger partial charge in [-0.2, -0.15) is 0 Å². The first-order valence-corrected chi connectivity index (χ1v) is 15.2. The first-order valence-electron chi connectivity index (χ1n) is 14.4. The van der Waals surface area contributed by atoms with Crippen molar-refractivity contribution in [2.24, 2.45) is 11.5 Å². The number of hydrogen-bond donors (Lipinski definition) is 2. The molecule has 0 radical (unpaired) electrons. The third-order valence-corrected chi connectivity index (χ3v) is 9.06. The van der Waals surface area contributed by atoms with Crippen LogP contribution in [-0.4, -0.2) is 61.0 Å². The van der Waals surface area contributed by atoms with Crippen molar-refractivity contribution in [1.82, 2.24) is 9.80 Å². The van der Waals surface area contributed by atoms with Gasteiger partial charge in [0.1, 0.15) is 0 Å². The van der Waals surface area contributed by atoms with Crippen LogP contribution in [0.25, 0.3) is 0 Å². The topological polar surface area (TPSA) is 178 Å². The van der Waals surface area contributed by atoms with Crippen LogP contribution in [0.15, 0.2) is 97.1 Å². The molecule has 2 aliphatic rings. The summed E-state index contributed by atoms with van der Waals surface area (Å²) in [7, 11) is 0. The van der Waals surface area contributed by atoms with Crippen LogP contribution < -0.4 is 11.5 Å². The van der Waals surface area contributed by atoms with Crippen molar-refractivity contribution in [3.8, 4) is 0 Å². The second-order valence-electron chi connectivity index (χ2n) is 11.5. The lowest BCUT2D eigenvalue weighted by molar-refractivity contribution is -0.120. The van der Waals surface area contributed by atoms with Crippen LogP contribution in [-0.2, 0) is 22.4 Å². The summed E-state index contributed by atoms with van der Waals surface area (Å²) in [5.74, 6) is -4.24. The molecule has 4 aromatic rings. The van der Waals surface area contributed by atoms with E-state index in [2.05, 4.69) is 0 Å². The lowest BCUT2D eigenvalue weighted by Gasteiger charge is -2.33. The Morgan fingerprint density at radius 1 is 0.521 bits per heavy atom. The maximum absolute atomic E-state index is 13.7. The van der Waals surface area contributed by atoms with Gasteiger partial charge in [-0.15, -0.1) is 0 Å². The average Bonchev–Trinajstić information content (AvgIpc) is 3.48. The van der Waals surface area contributed by atoms with Crippen molar-refractivity contribution in [3.05, 3.63) is 142 Å². The molecule has 0 bridgehead atoms. The van der Waals surface area contributed by atoms with E-state index >= 15 is 0 Å². The molecule has 13 heteroatoms. The van der Waals surface area contributed by atoms with Gasteiger partial charge >= 0.3 is 0 Å². The molecule has 0 saturated heterocycles. The van der Waals surface area contributed by atoms with Gasteiger partial charge in [0.05, 0.1) is 22.3 Å². The molecule has 0 saturated carbocycles. The highest BCUT2D eigenvalue weighted by Gasteiger charge is 2.52. The van der Waals surface area contributed by atoms with E-state index in [4.69, 9.17) is 34.7 Å². The van der Waals surface area contributed by atoms with Gasteiger partial charge in [-0.05, 0) is 58.6 Å². The lowest BCUT2D eigenvalue weighted by Crippen LogP contribution is -2.63. The number of imide groups is 2. The Morgan fingerprint density at radius 3 is 1.19 bits per heavy atom. The molecule has 2 atom stereocenters. The maximum Gasteiger partial charge on any atom is 0.263 e. The van der Waals surface area contributed by atoms with Crippen LogP contribution in [0, 0.1) is 0 Å². The second kappa shape index (κ2) is 12.0. The Morgan fingerprint density at radius 2 is 0.854 bits per heavy atom. The molecule has 4 amide bonds. The van der Waals surface area contributed by atoms with Crippen molar-refractivity contribution in [2.45, 2.75) is 24.2 Å². The normalized spacial score (nSPS) is 16.3. The van der Waals surface area contributed by atoms with Crippen LogP contribution in [0.2, 0.25) is 0 Å². The number of ketones is 1. The SMILES string of the molecule is N[C@@](Cc1ccccc1)(C(=O)Cl)N1C(=O)c2ccc(C(=O)c3ccc4c(c3)C(=O)N([C@](N)(Cc3ccccc3)C(=O)Cl)C4=O)cc2C1=O. The molecule has 4 aromatic carbocycles. The summed E-state index contributed by atoms with van der Waals surface area (Å²) >= 11 is 11.7. The summed E-state index contributed by atoms with van der Waals surface area (Å²) in [6, 6.07) is 24.4. The molecule has 2 heterocycles. The van der Waals surface area contributed by atoms with Crippen molar-refractivity contribution in [1.29, 1.82) is 0 Å². The molecule has 0 spiro atoms. The summed E-state index contributed by atoms with van der Waals surface area (Å²) in [5, 5.41) is -2.27. The van der Waals surface area contributed by atoms with Crippen molar-refractivity contribution < 1.29 is 33.6 Å². The number of nitrogens with two attached hydrogens (primary N) is 2. The van der Waals surface area contributed by atoms with Gasteiger partial charge in [0.15, 0.2) is 17.1 Å². The van der Waals surface area contributed by atoms with E-state index in [-0.39, 0.29) is 46.2 Å². The molecule has 2 aliphatic heterocycles. The summed E-state index contributed by atoms with van der Waals surface area (Å²) in [6.45, 7) is 0. The highest BCUT2D eigenvalue weighted by molar-refractivity contribution is 6.66. The zero-order chi connectivity index (χ0) is 34.5. The number of carbonyl (C=O) groups is 7. The van der Waals surface area contributed by atoms with E-state index in [1.165, 1.54) is 36.4 Å². The molecule has 11 nitrogen and oxygen atoms in total. The van der Waals surface area contributed by atoms with E-state index < -0.39 is 51.2 Å². The fourth-order valence-corrected chi connectivity index (χ4v) is 6.25.